The topological polar surface area (TPSA) is 73.6 Å². The second-order valence-corrected chi connectivity index (χ2v) is 6.83. The number of anilines is 2. The highest BCUT2D eigenvalue weighted by Crippen LogP contribution is 2.51. The second-order valence-electron chi connectivity index (χ2n) is 5.81. The molecule has 0 aliphatic heterocycles. The van der Waals surface area contributed by atoms with Gasteiger partial charge >= 0.3 is 5.97 Å². The molecule has 1 aromatic heterocycles. The largest absolute Gasteiger partial charge is 0.465 e. The molecule has 3 rings (SSSR count). The van der Waals surface area contributed by atoms with Crippen molar-refractivity contribution in [1.82, 2.24) is 0 Å². The first-order valence-corrected chi connectivity index (χ1v) is 8.27. The summed E-state index contributed by atoms with van der Waals surface area (Å²) in [6.45, 7) is 0. The number of esters is 1. The number of hydrogen-bond acceptors (Lipinski definition) is 6. The van der Waals surface area contributed by atoms with E-state index in [1.165, 1.54) is 24.9 Å². The number of thiophene rings is 1. The molecule has 0 saturated heterocycles. The number of hydrogen-bond donors (Lipinski definition) is 2. The number of carbonyl (C=O) groups is 1. The maximum absolute atomic E-state index is 11.9. The van der Waals surface area contributed by atoms with Gasteiger partial charge < -0.3 is 20.5 Å². The normalized spacial score (nSPS) is 25.0. The minimum absolute atomic E-state index is 0.238. The van der Waals surface area contributed by atoms with Crippen LogP contribution in [0.5, 0.6) is 0 Å². The lowest BCUT2D eigenvalue weighted by molar-refractivity contribution is 0.0607. The van der Waals surface area contributed by atoms with Crippen LogP contribution in [0, 0.1) is 0 Å². The van der Waals surface area contributed by atoms with E-state index in [4.69, 9.17) is 15.2 Å². The third kappa shape index (κ3) is 2.74. The van der Waals surface area contributed by atoms with Crippen LogP contribution in [0.3, 0.4) is 0 Å². The van der Waals surface area contributed by atoms with Crippen LogP contribution in [-0.4, -0.2) is 32.3 Å². The van der Waals surface area contributed by atoms with Gasteiger partial charge in [0.2, 0.25) is 0 Å². The Labute approximate surface area is 128 Å². The minimum Gasteiger partial charge on any atom is -0.465 e. The average molecular weight is 310 g/mol. The number of rotatable bonds is 5. The standard InChI is InChI=1S/C15H22N2O3S/c1-19-10-5-3-4-9(10)17-14-11(8-6-7-8)12(16)13(21-14)15(18)20-2/h8-10,17H,3-7,16H2,1-2H3. The summed E-state index contributed by atoms with van der Waals surface area (Å²) in [5, 5.41) is 4.61. The van der Waals surface area contributed by atoms with Crippen molar-refractivity contribution in [2.75, 3.05) is 25.3 Å². The lowest BCUT2D eigenvalue weighted by Crippen LogP contribution is -2.29. The molecule has 2 atom stereocenters. The molecule has 2 aliphatic carbocycles. The van der Waals surface area contributed by atoms with Gasteiger partial charge in [0, 0.05) is 12.7 Å². The number of carbonyl (C=O) groups excluding carboxylic acids is 1. The van der Waals surface area contributed by atoms with Gasteiger partial charge in [-0.3, -0.25) is 0 Å². The van der Waals surface area contributed by atoms with E-state index in [1.54, 1.807) is 7.11 Å². The van der Waals surface area contributed by atoms with Crippen molar-refractivity contribution in [2.24, 2.45) is 0 Å². The smallest absolute Gasteiger partial charge is 0.350 e. The van der Waals surface area contributed by atoms with Crippen LogP contribution in [-0.2, 0) is 9.47 Å². The van der Waals surface area contributed by atoms with E-state index in [0.717, 1.165) is 36.2 Å². The van der Waals surface area contributed by atoms with Gasteiger partial charge in [0.15, 0.2) is 0 Å². The number of ether oxygens (including phenoxy) is 2. The highest BCUT2D eigenvalue weighted by molar-refractivity contribution is 7.18. The summed E-state index contributed by atoms with van der Waals surface area (Å²) in [5.74, 6) is 0.145. The van der Waals surface area contributed by atoms with Crippen molar-refractivity contribution in [3.8, 4) is 0 Å². The molecule has 0 aromatic carbocycles. The van der Waals surface area contributed by atoms with Gasteiger partial charge in [-0.15, -0.1) is 11.3 Å². The summed E-state index contributed by atoms with van der Waals surface area (Å²) >= 11 is 1.42. The quantitative estimate of drug-likeness (QED) is 0.818. The third-order valence-electron chi connectivity index (χ3n) is 4.41. The molecule has 2 saturated carbocycles. The predicted molar refractivity (Wildman–Crippen MR) is 84.1 cm³/mol. The Morgan fingerprint density at radius 1 is 1.29 bits per heavy atom. The highest BCUT2D eigenvalue weighted by Gasteiger charge is 2.35. The Bertz CT molecular complexity index is 539. The Morgan fingerprint density at radius 3 is 2.67 bits per heavy atom. The molecular weight excluding hydrogens is 288 g/mol. The lowest BCUT2D eigenvalue weighted by atomic mass is 10.1. The Morgan fingerprint density at radius 2 is 2.05 bits per heavy atom. The summed E-state index contributed by atoms with van der Waals surface area (Å²) < 4.78 is 10.4. The highest BCUT2D eigenvalue weighted by atomic mass is 32.1. The molecule has 0 radical (unpaired) electrons. The monoisotopic (exact) mass is 310 g/mol. The van der Waals surface area contributed by atoms with E-state index in [9.17, 15) is 4.79 Å². The fourth-order valence-electron chi connectivity index (χ4n) is 3.13. The van der Waals surface area contributed by atoms with Crippen molar-refractivity contribution < 1.29 is 14.3 Å². The van der Waals surface area contributed by atoms with Crippen LogP contribution in [0.1, 0.15) is 53.3 Å². The molecule has 3 N–H and O–H groups in total. The first kappa shape index (κ1) is 14.7. The van der Waals surface area contributed by atoms with Gasteiger partial charge in [-0.05, 0) is 38.0 Å². The van der Waals surface area contributed by atoms with E-state index >= 15 is 0 Å². The second kappa shape index (κ2) is 5.85. The Kier molecular flexibility index (Phi) is 4.08. The van der Waals surface area contributed by atoms with Gasteiger partial charge in [0.05, 0.1) is 29.9 Å². The van der Waals surface area contributed by atoms with Crippen LogP contribution in [0.25, 0.3) is 0 Å². The Balaban J connectivity index is 1.88. The molecule has 1 heterocycles. The number of nitrogens with two attached hydrogens (primary N) is 1. The van der Waals surface area contributed by atoms with Crippen LogP contribution in [0.2, 0.25) is 0 Å². The first-order valence-electron chi connectivity index (χ1n) is 7.45. The fourth-order valence-corrected chi connectivity index (χ4v) is 4.31. The predicted octanol–water partition coefficient (Wildman–Crippen LogP) is 2.97. The maximum atomic E-state index is 11.9. The van der Waals surface area contributed by atoms with E-state index < -0.39 is 0 Å². The number of nitrogens with one attached hydrogen (secondary N) is 1. The van der Waals surface area contributed by atoms with Gasteiger partial charge in [0.1, 0.15) is 4.88 Å². The molecule has 1 aromatic rings. The summed E-state index contributed by atoms with van der Waals surface area (Å²) in [6, 6.07) is 0.302. The SMILES string of the molecule is COC(=O)c1sc(NC2CCCC2OC)c(C2CC2)c1N. The number of nitrogen functional groups attached to an aromatic ring is 1. The Hall–Kier alpha value is -1.27. The molecular formula is C15H22N2O3S. The third-order valence-corrected chi connectivity index (χ3v) is 5.54. The van der Waals surface area contributed by atoms with Gasteiger partial charge in [-0.1, -0.05) is 0 Å². The van der Waals surface area contributed by atoms with Crippen LogP contribution in [0.15, 0.2) is 0 Å². The van der Waals surface area contributed by atoms with E-state index in [-0.39, 0.29) is 12.1 Å². The first-order chi connectivity index (χ1) is 10.2. The van der Waals surface area contributed by atoms with Crippen LogP contribution < -0.4 is 11.1 Å². The summed E-state index contributed by atoms with van der Waals surface area (Å²) in [5.41, 5.74) is 7.92. The molecule has 0 spiro atoms. The minimum atomic E-state index is -0.345. The van der Waals surface area contributed by atoms with E-state index in [0.29, 0.717) is 22.5 Å². The van der Waals surface area contributed by atoms with Crippen molar-refractivity contribution in [3.05, 3.63) is 10.4 Å². The molecule has 21 heavy (non-hydrogen) atoms. The lowest BCUT2D eigenvalue weighted by Gasteiger charge is -2.20. The van der Waals surface area contributed by atoms with Crippen LogP contribution in [0.4, 0.5) is 10.7 Å². The van der Waals surface area contributed by atoms with Crippen molar-refractivity contribution in [1.29, 1.82) is 0 Å². The molecule has 2 fully saturated rings. The summed E-state index contributed by atoms with van der Waals surface area (Å²) in [7, 11) is 3.15. The molecule has 116 valence electrons. The molecule has 5 nitrogen and oxygen atoms in total. The van der Waals surface area contributed by atoms with E-state index in [1.807, 2.05) is 0 Å². The zero-order chi connectivity index (χ0) is 15.0. The van der Waals surface area contributed by atoms with Gasteiger partial charge in [-0.2, -0.15) is 0 Å². The molecule has 2 aliphatic rings. The summed E-state index contributed by atoms with van der Waals surface area (Å²) in [4.78, 5) is 12.4. The van der Waals surface area contributed by atoms with Crippen molar-refractivity contribution in [2.45, 2.75) is 50.2 Å². The van der Waals surface area contributed by atoms with Crippen molar-refractivity contribution >= 4 is 28.0 Å². The van der Waals surface area contributed by atoms with E-state index in [2.05, 4.69) is 5.32 Å². The van der Waals surface area contributed by atoms with Gasteiger partial charge in [0.25, 0.3) is 0 Å². The molecule has 0 bridgehead atoms. The molecule has 0 amide bonds. The average Bonchev–Trinajstić information content (AvgIpc) is 3.13. The zero-order valence-corrected chi connectivity index (χ0v) is 13.3. The number of methoxy groups -OCH3 is 2. The van der Waals surface area contributed by atoms with Crippen LogP contribution >= 0.6 is 11.3 Å². The summed E-state index contributed by atoms with van der Waals surface area (Å²) in [6.07, 6.45) is 5.87. The maximum Gasteiger partial charge on any atom is 0.350 e. The molecule has 2 unspecified atom stereocenters. The molecule has 6 heteroatoms. The zero-order valence-electron chi connectivity index (χ0n) is 12.5. The van der Waals surface area contributed by atoms with Gasteiger partial charge in [-0.25, -0.2) is 4.79 Å². The van der Waals surface area contributed by atoms with Crippen molar-refractivity contribution in [3.63, 3.8) is 0 Å². The fraction of sp³-hybridized carbons (Fsp3) is 0.667.